The van der Waals surface area contributed by atoms with E-state index in [-0.39, 0.29) is 10.8 Å². The van der Waals surface area contributed by atoms with Crippen LogP contribution >= 0.6 is 11.8 Å². The topological polar surface area (TPSA) is 83.0 Å². The van der Waals surface area contributed by atoms with Crippen molar-refractivity contribution in [3.8, 4) is 22.9 Å². The summed E-state index contributed by atoms with van der Waals surface area (Å²) in [5.74, 6) is 1.57. The number of methoxy groups -OCH3 is 1. The van der Waals surface area contributed by atoms with Crippen molar-refractivity contribution >= 4 is 22.7 Å². The molecule has 2 heterocycles. The lowest BCUT2D eigenvalue weighted by Gasteiger charge is -2.15. The zero-order valence-electron chi connectivity index (χ0n) is 18.9. The van der Waals surface area contributed by atoms with E-state index < -0.39 is 0 Å². The number of aromatic nitrogens is 4. The van der Waals surface area contributed by atoms with Gasteiger partial charge in [0.2, 0.25) is 11.8 Å². The Bertz CT molecular complexity index is 1530. The summed E-state index contributed by atoms with van der Waals surface area (Å²) in [6, 6.07) is 22.6. The Labute approximate surface area is 200 Å². The highest BCUT2D eigenvalue weighted by Gasteiger charge is 2.21. The molecule has 5 aromatic rings. The highest BCUT2D eigenvalue weighted by atomic mass is 32.2. The number of para-hydroxylation sites is 1. The molecule has 0 aliphatic heterocycles. The molecule has 3 aromatic carbocycles. The molecule has 1 atom stereocenters. The van der Waals surface area contributed by atoms with Gasteiger partial charge in [0.15, 0.2) is 5.16 Å². The predicted molar refractivity (Wildman–Crippen MR) is 133 cm³/mol. The number of hydrogen-bond donors (Lipinski definition) is 0. The van der Waals surface area contributed by atoms with Crippen molar-refractivity contribution in [2.75, 3.05) is 7.11 Å². The smallest absolute Gasteiger partial charge is 0.266 e. The van der Waals surface area contributed by atoms with Crippen LogP contribution in [0.25, 0.3) is 28.0 Å². The number of rotatable bonds is 6. The molecule has 0 aliphatic rings. The molecule has 170 valence electrons. The normalized spacial score (nSPS) is 12.1. The lowest BCUT2D eigenvalue weighted by Crippen LogP contribution is -2.22. The lowest BCUT2D eigenvalue weighted by molar-refractivity contribution is 0.414. The highest BCUT2D eigenvalue weighted by Crippen LogP contribution is 2.35. The van der Waals surface area contributed by atoms with E-state index in [0.717, 1.165) is 11.1 Å². The monoisotopic (exact) mass is 470 g/mol. The van der Waals surface area contributed by atoms with Crippen LogP contribution in [0.3, 0.4) is 0 Å². The zero-order chi connectivity index (χ0) is 23.7. The number of ether oxygens (including phenoxy) is 1. The Balaban J connectivity index is 1.55. The van der Waals surface area contributed by atoms with Crippen LogP contribution in [0.1, 0.15) is 23.6 Å². The maximum atomic E-state index is 13.5. The molecule has 0 radical (unpaired) electrons. The maximum Gasteiger partial charge on any atom is 0.266 e. The third kappa shape index (κ3) is 4.20. The first kappa shape index (κ1) is 21.9. The van der Waals surface area contributed by atoms with E-state index in [4.69, 9.17) is 14.1 Å². The fourth-order valence-electron chi connectivity index (χ4n) is 3.59. The van der Waals surface area contributed by atoms with Crippen molar-refractivity contribution in [1.82, 2.24) is 19.7 Å². The van der Waals surface area contributed by atoms with Crippen molar-refractivity contribution in [2.24, 2.45) is 0 Å². The highest BCUT2D eigenvalue weighted by molar-refractivity contribution is 7.99. The average Bonchev–Trinajstić information content (AvgIpc) is 3.35. The number of hydrogen-bond acceptors (Lipinski definition) is 7. The molecular weight excluding hydrogens is 448 g/mol. The molecule has 0 saturated carbocycles. The van der Waals surface area contributed by atoms with Gasteiger partial charge in [-0.2, -0.15) is 0 Å². The van der Waals surface area contributed by atoms with Crippen LogP contribution in [0, 0.1) is 6.92 Å². The minimum Gasteiger partial charge on any atom is -0.497 e. The fourth-order valence-corrected chi connectivity index (χ4v) is 4.55. The van der Waals surface area contributed by atoms with Gasteiger partial charge < -0.3 is 9.15 Å². The molecule has 1 unspecified atom stereocenters. The SMILES string of the molecule is COc1cccc(-n2c(SC(C)c3nnc(-c4ccc(C)cc4)o3)nc3ccccc3c2=O)c1. The van der Waals surface area contributed by atoms with Crippen molar-refractivity contribution in [1.29, 1.82) is 0 Å². The van der Waals surface area contributed by atoms with E-state index >= 15 is 0 Å². The Hall–Kier alpha value is -3.91. The van der Waals surface area contributed by atoms with Crippen LogP contribution < -0.4 is 10.3 Å². The van der Waals surface area contributed by atoms with Crippen LogP contribution in [-0.2, 0) is 0 Å². The summed E-state index contributed by atoms with van der Waals surface area (Å²) in [4.78, 5) is 18.3. The van der Waals surface area contributed by atoms with E-state index in [0.29, 0.717) is 39.3 Å². The Morgan fingerprint density at radius 3 is 2.59 bits per heavy atom. The van der Waals surface area contributed by atoms with E-state index in [1.54, 1.807) is 17.7 Å². The molecule has 0 saturated heterocycles. The van der Waals surface area contributed by atoms with Gasteiger partial charge in [0.05, 0.1) is 29.0 Å². The molecule has 5 rings (SSSR count). The standard InChI is InChI=1S/C26H22N4O3S/c1-16-11-13-18(14-12-16)24-29-28-23(33-24)17(2)34-26-27-22-10-5-4-9-21(22)25(31)30(26)19-7-6-8-20(15-19)32-3/h4-15,17H,1-3H3. The fraction of sp³-hybridized carbons (Fsp3) is 0.154. The first-order valence-electron chi connectivity index (χ1n) is 10.8. The van der Waals surface area contributed by atoms with Gasteiger partial charge in [0.1, 0.15) is 5.75 Å². The second kappa shape index (κ2) is 9.15. The average molecular weight is 471 g/mol. The number of benzene rings is 3. The van der Waals surface area contributed by atoms with Gasteiger partial charge in [-0.05, 0) is 50.2 Å². The van der Waals surface area contributed by atoms with Gasteiger partial charge in [-0.3, -0.25) is 9.36 Å². The second-order valence-corrected chi connectivity index (χ2v) is 9.13. The van der Waals surface area contributed by atoms with E-state index in [2.05, 4.69) is 10.2 Å². The third-order valence-corrected chi connectivity index (χ3v) is 6.47. The minimum atomic E-state index is -0.239. The van der Waals surface area contributed by atoms with Gasteiger partial charge in [0.25, 0.3) is 5.56 Å². The van der Waals surface area contributed by atoms with Gasteiger partial charge in [-0.15, -0.1) is 10.2 Å². The van der Waals surface area contributed by atoms with Gasteiger partial charge in [-0.25, -0.2) is 4.98 Å². The van der Waals surface area contributed by atoms with E-state index in [1.165, 1.54) is 11.8 Å². The summed E-state index contributed by atoms with van der Waals surface area (Å²) in [6.45, 7) is 3.98. The van der Waals surface area contributed by atoms with Crippen molar-refractivity contribution in [3.63, 3.8) is 0 Å². The van der Waals surface area contributed by atoms with Crippen LogP contribution in [0.4, 0.5) is 0 Å². The Morgan fingerprint density at radius 2 is 1.79 bits per heavy atom. The molecule has 8 heteroatoms. The summed E-state index contributed by atoms with van der Waals surface area (Å²) in [5, 5.41) is 9.30. The van der Waals surface area contributed by atoms with Crippen LogP contribution in [0.5, 0.6) is 5.75 Å². The second-order valence-electron chi connectivity index (χ2n) is 7.83. The first-order valence-corrected chi connectivity index (χ1v) is 11.6. The minimum absolute atomic E-state index is 0.153. The number of fused-ring (bicyclic) bond motifs is 1. The molecule has 0 N–H and O–H groups in total. The molecule has 7 nitrogen and oxygen atoms in total. The first-order chi connectivity index (χ1) is 16.5. The van der Waals surface area contributed by atoms with E-state index in [9.17, 15) is 4.79 Å². The van der Waals surface area contributed by atoms with Gasteiger partial charge >= 0.3 is 0 Å². The Morgan fingerprint density at radius 1 is 1.00 bits per heavy atom. The molecule has 0 spiro atoms. The van der Waals surface area contributed by atoms with Gasteiger partial charge in [-0.1, -0.05) is 47.7 Å². The number of aryl methyl sites for hydroxylation is 1. The third-order valence-electron chi connectivity index (χ3n) is 5.43. The number of nitrogens with zero attached hydrogens (tertiary/aromatic N) is 4. The van der Waals surface area contributed by atoms with Gasteiger partial charge in [0, 0.05) is 11.6 Å². The zero-order valence-corrected chi connectivity index (χ0v) is 19.7. The summed E-state index contributed by atoms with van der Waals surface area (Å²) in [5.41, 5.74) is 3.17. The number of thioether (sulfide) groups is 1. The maximum absolute atomic E-state index is 13.5. The molecule has 0 fully saturated rings. The van der Waals surface area contributed by atoms with Crippen LogP contribution in [-0.4, -0.2) is 26.9 Å². The van der Waals surface area contributed by atoms with Crippen molar-refractivity contribution in [2.45, 2.75) is 24.3 Å². The van der Waals surface area contributed by atoms with Crippen molar-refractivity contribution < 1.29 is 9.15 Å². The molecular formula is C26H22N4O3S. The molecule has 34 heavy (non-hydrogen) atoms. The summed E-state index contributed by atoms with van der Waals surface area (Å²) >= 11 is 1.39. The Kier molecular flexibility index (Phi) is 5.90. The molecule has 0 aliphatic carbocycles. The summed E-state index contributed by atoms with van der Waals surface area (Å²) < 4.78 is 12.9. The van der Waals surface area contributed by atoms with Crippen LogP contribution in [0.15, 0.2) is 87.2 Å². The molecule has 2 aromatic heterocycles. The molecule has 0 bridgehead atoms. The summed E-state index contributed by atoms with van der Waals surface area (Å²) in [6.07, 6.45) is 0. The lowest BCUT2D eigenvalue weighted by atomic mass is 10.1. The summed E-state index contributed by atoms with van der Waals surface area (Å²) in [7, 11) is 1.60. The van der Waals surface area contributed by atoms with E-state index in [1.807, 2.05) is 80.6 Å². The largest absolute Gasteiger partial charge is 0.497 e. The quantitative estimate of drug-likeness (QED) is 0.236. The predicted octanol–water partition coefficient (Wildman–Crippen LogP) is 5.61. The molecule has 0 amide bonds. The van der Waals surface area contributed by atoms with Crippen LogP contribution in [0.2, 0.25) is 0 Å². The van der Waals surface area contributed by atoms with Crippen molar-refractivity contribution in [3.05, 3.63) is 94.6 Å².